The standard InChI is InChI=1S/C26H29F3N4O3/c1-24(2)22(34)33(20-7-5-18(6-8-20)25(10-11-25)26(27,28)29)23(35)32(24)15-17-9-12-30-21(14-17)31-19-4-3-13-36-16-19/h5-9,12,14,19H,3-4,10-11,13,15-16H2,1-2H3,(H,30,31)/t19-/m0/s1. The topological polar surface area (TPSA) is 74.8 Å². The monoisotopic (exact) mass is 502 g/mol. The number of imide groups is 1. The maximum Gasteiger partial charge on any atom is 0.398 e. The molecule has 3 fully saturated rings. The quantitative estimate of drug-likeness (QED) is 0.562. The number of amides is 3. The number of nitrogens with one attached hydrogen (secondary N) is 1. The first-order valence-corrected chi connectivity index (χ1v) is 12.2. The number of nitrogens with zero attached hydrogens (tertiary/aromatic N) is 3. The van der Waals surface area contributed by atoms with Crippen molar-refractivity contribution in [3.05, 3.63) is 53.7 Å². The summed E-state index contributed by atoms with van der Waals surface area (Å²) in [4.78, 5) is 33.6. The predicted octanol–water partition coefficient (Wildman–Crippen LogP) is 5.01. The van der Waals surface area contributed by atoms with Gasteiger partial charge in [0.05, 0.1) is 23.8 Å². The average Bonchev–Trinajstić information content (AvgIpc) is 3.64. The number of aromatic nitrogens is 1. The van der Waals surface area contributed by atoms with E-state index in [1.807, 2.05) is 6.07 Å². The van der Waals surface area contributed by atoms with Gasteiger partial charge in [0.15, 0.2) is 0 Å². The minimum Gasteiger partial charge on any atom is -0.379 e. The molecule has 0 radical (unpaired) electrons. The van der Waals surface area contributed by atoms with Crippen LogP contribution in [0.5, 0.6) is 0 Å². The Bertz CT molecular complexity index is 1160. The van der Waals surface area contributed by atoms with E-state index in [-0.39, 0.29) is 36.7 Å². The summed E-state index contributed by atoms with van der Waals surface area (Å²) >= 11 is 0. The third kappa shape index (κ3) is 4.21. The predicted molar refractivity (Wildman–Crippen MR) is 128 cm³/mol. The van der Waals surface area contributed by atoms with Crippen molar-refractivity contribution in [3.8, 4) is 0 Å². The van der Waals surface area contributed by atoms with E-state index >= 15 is 0 Å². The van der Waals surface area contributed by atoms with Crippen LogP contribution < -0.4 is 10.2 Å². The zero-order chi connectivity index (χ0) is 25.7. The number of ether oxygens (including phenoxy) is 1. The van der Waals surface area contributed by atoms with Crippen LogP contribution in [-0.4, -0.2) is 52.8 Å². The van der Waals surface area contributed by atoms with E-state index in [9.17, 15) is 22.8 Å². The van der Waals surface area contributed by atoms with Gasteiger partial charge in [0.2, 0.25) is 0 Å². The molecule has 1 aromatic heterocycles. The molecule has 0 unspecified atom stereocenters. The molecular formula is C26H29F3N4O3. The highest BCUT2D eigenvalue weighted by molar-refractivity contribution is 6.22. The zero-order valence-electron chi connectivity index (χ0n) is 20.3. The molecule has 36 heavy (non-hydrogen) atoms. The SMILES string of the molecule is CC1(C)C(=O)N(c2ccc(C3(C(F)(F)F)CC3)cc2)C(=O)N1Cc1ccnc(N[C@H]2CCCOC2)c1. The molecule has 1 aromatic carbocycles. The van der Waals surface area contributed by atoms with Crippen LogP contribution in [0.2, 0.25) is 0 Å². The molecule has 3 heterocycles. The number of benzene rings is 1. The summed E-state index contributed by atoms with van der Waals surface area (Å²) < 4.78 is 46.0. The molecule has 2 aromatic rings. The summed E-state index contributed by atoms with van der Waals surface area (Å²) in [5, 5.41) is 3.36. The third-order valence-corrected chi connectivity index (χ3v) is 7.47. The lowest BCUT2D eigenvalue weighted by Crippen LogP contribution is -2.43. The van der Waals surface area contributed by atoms with E-state index in [1.165, 1.54) is 29.2 Å². The normalized spacial score (nSPS) is 23.2. The summed E-state index contributed by atoms with van der Waals surface area (Å²) in [6.07, 6.45) is -0.611. The number of halogens is 3. The number of pyridine rings is 1. The van der Waals surface area contributed by atoms with Crippen LogP contribution in [-0.2, 0) is 21.5 Å². The molecule has 3 aliphatic rings. The van der Waals surface area contributed by atoms with Crippen LogP contribution in [0.25, 0.3) is 0 Å². The summed E-state index contributed by atoms with van der Waals surface area (Å²) in [6, 6.07) is 8.91. The zero-order valence-corrected chi connectivity index (χ0v) is 20.3. The van der Waals surface area contributed by atoms with Crippen molar-refractivity contribution in [2.24, 2.45) is 0 Å². The molecule has 2 saturated heterocycles. The number of hydrogen-bond acceptors (Lipinski definition) is 5. The van der Waals surface area contributed by atoms with Crippen LogP contribution in [0.4, 0.5) is 29.5 Å². The molecule has 0 spiro atoms. The first kappa shape index (κ1) is 24.5. The van der Waals surface area contributed by atoms with Crippen molar-refractivity contribution < 1.29 is 27.5 Å². The molecule has 1 N–H and O–H groups in total. The van der Waals surface area contributed by atoms with Crippen LogP contribution in [0.3, 0.4) is 0 Å². The molecule has 1 saturated carbocycles. The number of rotatable bonds is 6. The Labute approximate surface area is 207 Å². The molecule has 1 aliphatic carbocycles. The molecule has 3 amide bonds. The molecule has 0 bridgehead atoms. The van der Waals surface area contributed by atoms with Gasteiger partial charge in [0, 0.05) is 19.3 Å². The van der Waals surface area contributed by atoms with Crippen molar-refractivity contribution in [1.82, 2.24) is 9.88 Å². The second kappa shape index (κ2) is 8.76. The molecule has 7 nitrogen and oxygen atoms in total. The third-order valence-electron chi connectivity index (χ3n) is 7.47. The largest absolute Gasteiger partial charge is 0.398 e. The van der Waals surface area contributed by atoms with Crippen molar-refractivity contribution in [3.63, 3.8) is 0 Å². The van der Waals surface area contributed by atoms with Gasteiger partial charge in [-0.1, -0.05) is 12.1 Å². The lowest BCUT2D eigenvalue weighted by molar-refractivity contribution is -0.160. The molecule has 10 heteroatoms. The Morgan fingerprint density at radius 1 is 1.14 bits per heavy atom. The number of hydrogen-bond donors (Lipinski definition) is 1. The van der Waals surface area contributed by atoms with E-state index in [1.54, 1.807) is 26.1 Å². The smallest absolute Gasteiger partial charge is 0.379 e. The van der Waals surface area contributed by atoms with Gasteiger partial charge in [-0.05, 0) is 74.9 Å². The molecule has 1 atom stereocenters. The first-order chi connectivity index (χ1) is 17.0. The second-order valence-electron chi connectivity index (χ2n) is 10.3. The highest BCUT2D eigenvalue weighted by atomic mass is 19.4. The summed E-state index contributed by atoms with van der Waals surface area (Å²) in [6.45, 7) is 4.89. The number of anilines is 2. The van der Waals surface area contributed by atoms with E-state index in [2.05, 4.69) is 10.3 Å². The van der Waals surface area contributed by atoms with Gasteiger partial charge in [-0.2, -0.15) is 13.2 Å². The maximum atomic E-state index is 13.5. The number of alkyl halides is 3. The van der Waals surface area contributed by atoms with E-state index < -0.39 is 29.1 Å². The number of urea groups is 1. The Balaban J connectivity index is 1.34. The van der Waals surface area contributed by atoms with Gasteiger partial charge in [-0.25, -0.2) is 14.7 Å². The summed E-state index contributed by atoms with van der Waals surface area (Å²) in [7, 11) is 0. The van der Waals surface area contributed by atoms with Gasteiger partial charge in [-0.15, -0.1) is 0 Å². The molecule has 192 valence electrons. The van der Waals surface area contributed by atoms with Crippen molar-refractivity contribution in [1.29, 1.82) is 0 Å². The van der Waals surface area contributed by atoms with Crippen LogP contribution in [0.15, 0.2) is 42.6 Å². The van der Waals surface area contributed by atoms with Gasteiger partial charge < -0.3 is 15.0 Å². The van der Waals surface area contributed by atoms with Crippen LogP contribution in [0, 0.1) is 0 Å². The first-order valence-electron chi connectivity index (χ1n) is 12.2. The van der Waals surface area contributed by atoms with Gasteiger partial charge in [0.1, 0.15) is 11.4 Å². The van der Waals surface area contributed by atoms with Gasteiger partial charge in [0.25, 0.3) is 5.91 Å². The van der Waals surface area contributed by atoms with Crippen molar-refractivity contribution in [2.45, 2.75) is 69.2 Å². The number of carbonyl (C=O) groups is 2. The Morgan fingerprint density at radius 3 is 2.47 bits per heavy atom. The van der Waals surface area contributed by atoms with Crippen LogP contribution in [0.1, 0.15) is 50.7 Å². The molecule has 2 aliphatic heterocycles. The highest BCUT2D eigenvalue weighted by Gasteiger charge is 2.64. The lowest BCUT2D eigenvalue weighted by atomic mass is 9.95. The van der Waals surface area contributed by atoms with E-state index in [0.29, 0.717) is 12.4 Å². The van der Waals surface area contributed by atoms with Crippen LogP contribution >= 0.6 is 0 Å². The minimum absolute atomic E-state index is 0.0504. The maximum absolute atomic E-state index is 13.5. The number of carbonyl (C=O) groups excluding carboxylic acids is 2. The Kier molecular flexibility index (Phi) is 5.97. The lowest BCUT2D eigenvalue weighted by Gasteiger charge is -2.28. The fraction of sp³-hybridized carbons (Fsp3) is 0.500. The summed E-state index contributed by atoms with van der Waals surface area (Å²) in [5.41, 5.74) is -1.72. The van der Waals surface area contributed by atoms with E-state index in [0.717, 1.165) is 29.9 Å². The fourth-order valence-electron chi connectivity index (χ4n) is 5.02. The highest BCUT2D eigenvalue weighted by Crippen LogP contribution is 2.59. The molecule has 5 rings (SSSR count). The van der Waals surface area contributed by atoms with Crippen molar-refractivity contribution >= 4 is 23.4 Å². The Hall–Kier alpha value is -3.14. The average molecular weight is 503 g/mol. The fourth-order valence-corrected chi connectivity index (χ4v) is 5.02. The minimum atomic E-state index is -4.32. The Morgan fingerprint density at radius 2 is 1.86 bits per heavy atom. The van der Waals surface area contributed by atoms with Crippen molar-refractivity contribution in [2.75, 3.05) is 23.4 Å². The summed E-state index contributed by atoms with van der Waals surface area (Å²) in [5.74, 6) is 0.244. The van der Waals surface area contributed by atoms with Gasteiger partial charge >= 0.3 is 12.2 Å². The van der Waals surface area contributed by atoms with E-state index in [4.69, 9.17) is 4.74 Å². The van der Waals surface area contributed by atoms with Gasteiger partial charge in [-0.3, -0.25) is 4.79 Å². The second-order valence-corrected chi connectivity index (χ2v) is 10.3. The molecular weight excluding hydrogens is 473 g/mol.